The van der Waals surface area contributed by atoms with E-state index >= 15 is 0 Å². The van der Waals surface area contributed by atoms with Crippen molar-refractivity contribution < 1.29 is 19.4 Å². The Kier molecular flexibility index (Phi) is 6.65. The molecular formula is C29H30N4O4. The van der Waals surface area contributed by atoms with Gasteiger partial charge in [-0.2, -0.15) is 0 Å². The van der Waals surface area contributed by atoms with Gasteiger partial charge in [0.15, 0.2) is 0 Å². The number of fused-ring (bicyclic) bond motifs is 2. The van der Waals surface area contributed by atoms with Crippen LogP contribution in [0.4, 0.5) is 0 Å². The van der Waals surface area contributed by atoms with E-state index in [1.54, 1.807) is 31.4 Å². The lowest BCUT2D eigenvalue weighted by atomic mass is 9.83. The lowest BCUT2D eigenvalue weighted by molar-refractivity contribution is -0.137. The minimum Gasteiger partial charge on any atom is -0.497 e. The van der Waals surface area contributed by atoms with E-state index in [9.17, 15) is 14.7 Å². The predicted octanol–water partition coefficient (Wildman–Crippen LogP) is 4.57. The van der Waals surface area contributed by atoms with Crippen LogP contribution < -0.4 is 4.74 Å². The van der Waals surface area contributed by atoms with E-state index in [1.165, 1.54) is 5.56 Å². The maximum atomic E-state index is 13.2. The number of nitrogens with zero attached hydrogens (tertiary/aromatic N) is 4. The van der Waals surface area contributed by atoms with Crippen LogP contribution in [0.25, 0.3) is 11.0 Å². The highest BCUT2D eigenvalue weighted by atomic mass is 16.5. The third kappa shape index (κ3) is 4.67. The number of aromatic nitrogens is 3. The minimum atomic E-state index is -0.865. The molecule has 5 rings (SSSR count). The second-order valence-corrected chi connectivity index (χ2v) is 9.44. The molecule has 1 aliphatic rings. The minimum absolute atomic E-state index is 0.0268. The van der Waals surface area contributed by atoms with Crippen molar-refractivity contribution in [1.29, 1.82) is 0 Å². The summed E-state index contributed by atoms with van der Waals surface area (Å²) >= 11 is 0. The Hall–Kier alpha value is -4.20. The van der Waals surface area contributed by atoms with Gasteiger partial charge in [-0.15, -0.1) is 5.10 Å². The van der Waals surface area contributed by atoms with Gasteiger partial charge in [-0.3, -0.25) is 9.59 Å². The summed E-state index contributed by atoms with van der Waals surface area (Å²) in [7, 11) is 1.60. The number of rotatable bonds is 7. The van der Waals surface area contributed by atoms with Gasteiger partial charge in [0.05, 0.1) is 19.0 Å². The van der Waals surface area contributed by atoms with Gasteiger partial charge in [0.25, 0.3) is 5.91 Å². The Labute approximate surface area is 215 Å². The summed E-state index contributed by atoms with van der Waals surface area (Å²) in [5.41, 5.74) is 7.39. The van der Waals surface area contributed by atoms with E-state index in [2.05, 4.69) is 22.4 Å². The highest BCUT2D eigenvalue weighted by molar-refractivity contribution is 5.94. The van der Waals surface area contributed by atoms with E-state index < -0.39 is 5.97 Å². The van der Waals surface area contributed by atoms with Crippen LogP contribution in [0.3, 0.4) is 0 Å². The monoisotopic (exact) mass is 498 g/mol. The zero-order chi connectivity index (χ0) is 26.1. The molecular weight excluding hydrogens is 468 g/mol. The van der Waals surface area contributed by atoms with Crippen LogP contribution in [0.15, 0.2) is 54.6 Å². The molecule has 1 amide bonds. The van der Waals surface area contributed by atoms with Crippen molar-refractivity contribution >= 4 is 22.9 Å². The fourth-order valence-corrected chi connectivity index (χ4v) is 5.26. The molecule has 0 saturated carbocycles. The van der Waals surface area contributed by atoms with Crippen molar-refractivity contribution in [1.82, 2.24) is 19.9 Å². The average Bonchev–Trinajstić information content (AvgIpc) is 3.35. The molecule has 0 saturated heterocycles. The molecule has 3 aromatic carbocycles. The molecule has 8 heteroatoms. The van der Waals surface area contributed by atoms with Gasteiger partial charge in [0.1, 0.15) is 11.3 Å². The maximum absolute atomic E-state index is 13.2. The number of carbonyl (C=O) groups excluding carboxylic acids is 1. The fourth-order valence-electron chi connectivity index (χ4n) is 5.26. The summed E-state index contributed by atoms with van der Waals surface area (Å²) in [4.78, 5) is 27.0. The number of aryl methyl sites for hydroxylation is 2. The first-order valence-electron chi connectivity index (χ1n) is 12.5. The Morgan fingerprint density at radius 3 is 2.57 bits per heavy atom. The maximum Gasteiger partial charge on any atom is 0.304 e. The van der Waals surface area contributed by atoms with Gasteiger partial charge >= 0.3 is 5.97 Å². The van der Waals surface area contributed by atoms with Gasteiger partial charge in [-0.1, -0.05) is 29.5 Å². The van der Waals surface area contributed by atoms with Gasteiger partial charge in [-0.05, 0) is 78.4 Å². The van der Waals surface area contributed by atoms with Gasteiger partial charge in [0, 0.05) is 31.1 Å². The molecule has 8 nitrogen and oxygen atoms in total. The van der Waals surface area contributed by atoms with Gasteiger partial charge < -0.3 is 14.7 Å². The number of carbonyl (C=O) groups is 2. The second kappa shape index (κ2) is 10.0. The van der Waals surface area contributed by atoms with Crippen LogP contribution >= 0.6 is 0 Å². The largest absolute Gasteiger partial charge is 0.497 e. The standard InChI is InChI=1S/C29H30N4O4/c1-4-33-26-12-11-24(18(2)28(26)30-31-33)25(16-27(34)35)21-6-5-19-13-14-32(17-22(19)15-21)29(36)20-7-9-23(37-3)10-8-20/h5-12,15,25H,4,13-14,16-17H2,1-3H3,(H,34,35). The van der Waals surface area contributed by atoms with Crippen molar-refractivity contribution in [3.05, 3.63) is 88.0 Å². The topological polar surface area (TPSA) is 97.5 Å². The highest BCUT2D eigenvalue weighted by Crippen LogP contribution is 2.35. The lowest BCUT2D eigenvalue weighted by Crippen LogP contribution is -2.36. The van der Waals surface area contributed by atoms with E-state index in [0.717, 1.165) is 39.7 Å². The summed E-state index contributed by atoms with van der Waals surface area (Å²) in [6, 6.07) is 17.3. The van der Waals surface area contributed by atoms with Crippen molar-refractivity contribution in [2.24, 2.45) is 0 Å². The van der Waals surface area contributed by atoms with Crippen LogP contribution in [-0.4, -0.2) is 50.5 Å². The van der Waals surface area contributed by atoms with Crippen LogP contribution in [0.1, 0.15) is 57.4 Å². The zero-order valence-corrected chi connectivity index (χ0v) is 21.3. The molecule has 1 aliphatic heterocycles. The predicted molar refractivity (Wildman–Crippen MR) is 140 cm³/mol. The Bertz CT molecular complexity index is 1480. The molecule has 0 radical (unpaired) electrons. The van der Waals surface area contributed by atoms with Crippen LogP contribution in [0, 0.1) is 6.92 Å². The summed E-state index contributed by atoms with van der Waals surface area (Å²) in [5, 5.41) is 18.4. The molecule has 4 aromatic rings. The van der Waals surface area contributed by atoms with Crippen molar-refractivity contribution in [2.75, 3.05) is 13.7 Å². The van der Waals surface area contributed by atoms with Crippen LogP contribution in [-0.2, 0) is 24.3 Å². The molecule has 190 valence electrons. The molecule has 1 aromatic heterocycles. The Morgan fingerprint density at radius 1 is 1.08 bits per heavy atom. The van der Waals surface area contributed by atoms with Gasteiger partial charge in [-0.25, -0.2) is 4.68 Å². The number of carboxylic acid groups (broad SMARTS) is 1. The number of hydrogen-bond acceptors (Lipinski definition) is 5. The van der Waals surface area contributed by atoms with Crippen LogP contribution in [0.2, 0.25) is 0 Å². The smallest absolute Gasteiger partial charge is 0.304 e. The van der Waals surface area contributed by atoms with Crippen molar-refractivity contribution in [3.8, 4) is 5.75 Å². The van der Waals surface area contributed by atoms with Crippen molar-refractivity contribution in [2.45, 2.75) is 45.7 Å². The number of methoxy groups -OCH3 is 1. The lowest BCUT2D eigenvalue weighted by Gasteiger charge is -2.30. The molecule has 1 N–H and O–H groups in total. The zero-order valence-electron chi connectivity index (χ0n) is 21.3. The van der Waals surface area contributed by atoms with Gasteiger partial charge in [0.2, 0.25) is 0 Å². The summed E-state index contributed by atoms with van der Waals surface area (Å²) in [6.45, 7) is 5.83. The molecule has 0 spiro atoms. The molecule has 1 atom stereocenters. The fraction of sp³-hybridized carbons (Fsp3) is 0.310. The first kappa shape index (κ1) is 24.5. The average molecular weight is 499 g/mol. The molecule has 1 unspecified atom stereocenters. The first-order valence-corrected chi connectivity index (χ1v) is 12.5. The SMILES string of the molecule is CCn1nnc2c(C)c(C(CC(=O)O)c3ccc4c(c3)CN(C(=O)c3ccc(OC)cc3)CC4)ccc21. The van der Waals surface area contributed by atoms with Crippen LogP contribution in [0.5, 0.6) is 5.75 Å². The normalized spacial score (nSPS) is 13.9. The van der Waals surface area contributed by atoms with E-state index in [0.29, 0.717) is 30.9 Å². The number of benzene rings is 3. The van der Waals surface area contributed by atoms with Crippen molar-refractivity contribution in [3.63, 3.8) is 0 Å². The molecule has 0 fully saturated rings. The summed E-state index contributed by atoms with van der Waals surface area (Å²) in [6.07, 6.45) is 0.716. The number of aliphatic carboxylic acids is 1. The summed E-state index contributed by atoms with van der Waals surface area (Å²) in [5.74, 6) is -0.524. The second-order valence-electron chi connectivity index (χ2n) is 9.44. The summed E-state index contributed by atoms with van der Waals surface area (Å²) < 4.78 is 7.04. The Balaban J connectivity index is 1.47. The molecule has 2 heterocycles. The third-order valence-electron chi connectivity index (χ3n) is 7.31. The Morgan fingerprint density at radius 2 is 1.86 bits per heavy atom. The quantitative estimate of drug-likeness (QED) is 0.401. The van der Waals surface area contributed by atoms with E-state index in [4.69, 9.17) is 4.74 Å². The van der Waals surface area contributed by atoms with E-state index in [-0.39, 0.29) is 18.2 Å². The molecule has 37 heavy (non-hydrogen) atoms. The first-order chi connectivity index (χ1) is 17.9. The highest BCUT2D eigenvalue weighted by Gasteiger charge is 2.26. The number of ether oxygens (including phenoxy) is 1. The number of amides is 1. The number of carboxylic acids is 1. The third-order valence-corrected chi connectivity index (χ3v) is 7.31. The van der Waals surface area contributed by atoms with E-state index in [1.807, 2.05) is 41.6 Å². The molecule has 0 bridgehead atoms. The number of hydrogen-bond donors (Lipinski definition) is 1. The molecule has 0 aliphatic carbocycles.